The minimum atomic E-state index is -1.03. The van der Waals surface area contributed by atoms with E-state index in [0.29, 0.717) is 5.88 Å². The van der Waals surface area contributed by atoms with Crippen molar-refractivity contribution >= 4 is 11.9 Å². The van der Waals surface area contributed by atoms with Gasteiger partial charge < -0.3 is 14.7 Å². The number of carbonyl (C=O) groups excluding carboxylic acids is 1. The zero-order chi connectivity index (χ0) is 16.4. The van der Waals surface area contributed by atoms with Crippen molar-refractivity contribution in [3.63, 3.8) is 0 Å². The topological polar surface area (TPSA) is 92.6 Å². The molecule has 1 aliphatic rings. The zero-order valence-corrected chi connectivity index (χ0v) is 12.5. The second-order valence-electron chi connectivity index (χ2n) is 5.22. The molecule has 0 aliphatic carbocycles. The van der Waals surface area contributed by atoms with E-state index in [1.807, 2.05) is 24.3 Å². The highest BCUT2D eigenvalue weighted by atomic mass is 16.5. The lowest BCUT2D eigenvalue weighted by atomic mass is 9.93. The van der Waals surface area contributed by atoms with Crippen molar-refractivity contribution in [2.75, 3.05) is 7.11 Å². The molecule has 1 atom stereocenters. The normalized spacial score (nSPS) is 16.6. The SMILES string of the molecule is COc1ccc(C(=O)N2Cc3ccccc3C[C@@H]2C(=O)O)nn1. The van der Waals surface area contributed by atoms with Crippen molar-refractivity contribution < 1.29 is 19.4 Å². The van der Waals surface area contributed by atoms with Gasteiger partial charge in [0.2, 0.25) is 5.88 Å². The Morgan fingerprint density at radius 1 is 1.17 bits per heavy atom. The van der Waals surface area contributed by atoms with Gasteiger partial charge in [-0.25, -0.2) is 4.79 Å². The first-order valence-corrected chi connectivity index (χ1v) is 7.08. The van der Waals surface area contributed by atoms with E-state index in [0.717, 1.165) is 11.1 Å². The maximum Gasteiger partial charge on any atom is 0.326 e. The molecule has 0 fully saturated rings. The molecular formula is C16H15N3O4. The number of carboxylic acids is 1. The molecule has 0 saturated heterocycles. The number of hydrogen-bond donors (Lipinski definition) is 1. The summed E-state index contributed by atoms with van der Waals surface area (Å²) in [7, 11) is 1.45. The number of methoxy groups -OCH3 is 1. The Morgan fingerprint density at radius 3 is 2.52 bits per heavy atom. The van der Waals surface area contributed by atoms with Crippen molar-refractivity contribution in [3.8, 4) is 5.88 Å². The second kappa shape index (κ2) is 6.04. The first-order valence-electron chi connectivity index (χ1n) is 7.08. The van der Waals surface area contributed by atoms with E-state index >= 15 is 0 Å². The summed E-state index contributed by atoms with van der Waals surface area (Å²) in [5, 5.41) is 17.0. The van der Waals surface area contributed by atoms with Gasteiger partial charge in [0.1, 0.15) is 6.04 Å². The van der Waals surface area contributed by atoms with Crippen LogP contribution in [0.4, 0.5) is 0 Å². The fourth-order valence-electron chi connectivity index (χ4n) is 2.65. The van der Waals surface area contributed by atoms with Crippen LogP contribution in [0.15, 0.2) is 36.4 Å². The molecule has 1 aromatic carbocycles. The largest absolute Gasteiger partial charge is 0.480 e. The molecular weight excluding hydrogens is 298 g/mol. The third kappa shape index (κ3) is 2.85. The van der Waals surface area contributed by atoms with E-state index in [1.165, 1.54) is 24.1 Å². The Hall–Kier alpha value is -2.96. The molecule has 7 heteroatoms. The maximum absolute atomic E-state index is 12.6. The van der Waals surface area contributed by atoms with Crippen molar-refractivity contribution in [3.05, 3.63) is 53.2 Å². The molecule has 1 N–H and O–H groups in total. The average molecular weight is 313 g/mol. The molecule has 0 bridgehead atoms. The van der Waals surface area contributed by atoms with Crippen LogP contribution in [0.2, 0.25) is 0 Å². The van der Waals surface area contributed by atoms with Gasteiger partial charge in [0.05, 0.1) is 7.11 Å². The molecule has 0 saturated carbocycles. The molecule has 1 aliphatic heterocycles. The number of hydrogen-bond acceptors (Lipinski definition) is 5. The van der Waals surface area contributed by atoms with E-state index in [1.54, 1.807) is 0 Å². The fourth-order valence-corrected chi connectivity index (χ4v) is 2.65. The molecule has 7 nitrogen and oxygen atoms in total. The third-order valence-corrected chi connectivity index (χ3v) is 3.86. The van der Waals surface area contributed by atoms with Gasteiger partial charge in [-0.2, -0.15) is 0 Å². The van der Waals surface area contributed by atoms with Gasteiger partial charge >= 0.3 is 5.97 Å². The van der Waals surface area contributed by atoms with Gasteiger partial charge in [0, 0.05) is 19.0 Å². The zero-order valence-electron chi connectivity index (χ0n) is 12.5. The monoisotopic (exact) mass is 313 g/mol. The Balaban J connectivity index is 1.92. The summed E-state index contributed by atoms with van der Waals surface area (Å²) < 4.78 is 4.91. The highest BCUT2D eigenvalue weighted by Gasteiger charge is 2.35. The predicted octanol–water partition coefficient (Wildman–Crippen LogP) is 1.14. The van der Waals surface area contributed by atoms with Gasteiger partial charge in [-0.3, -0.25) is 4.79 Å². The number of nitrogens with zero attached hydrogens (tertiary/aromatic N) is 3. The second-order valence-corrected chi connectivity index (χ2v) is 5.22. The Morgan fingerprint density at radius 2 is 1.91 bits per heavy atom. The highest BCUT2D eigenvalue weighted by Crippen LogP contribution is 2.25. The van der Waals surface area contributed by atoms with Crippen LogP contribution in [0.3, 0.4) is 0 Å². The number of fused-ring (bicyclic) bond motifs is 1. The van der Waals surface area contributed by atoms with Gasteiger partial charge in [0.15, 0.2) is 5.69 Å². The van der Waals surface area contributed by atoms with Crippen LogP contribution in [0.25, 0.3) is 0 Å². The molecule has 2 aromatic rings. The molecule has 2 heterocycles. The number of aliphatic carboxylic acids is 1. The lowest BCUT2D eigenvalue weighted by molar-refractivity contribution is -0.142. The number of benzene rings is 1. The standard InChI is InChI=1S/C16H15N3O4/c1-23-14-7-6-12(17-18-14)15(20)19-9-11-5-3-2-4-10(11)8-13(19)16(21)22/h2-7,13H,8-9H2,1H3,(H,21,22)/t13-/m1/s1. The van der Waals surface area contributed by atoms with Crippen molar-refractivity contribution in [2.45, 2.75) is 19.0 Å². The fraction of sp³-hybridized carbons (Fsp3) is 0.250. The van der Waals surface area contributed by atoms with Crippen LogP contribution in [0, 0.1) is 0 Å². The van der Waals surface area contributed by atoms with Crippen LogP contribution < -0.4 is 4.74 Å². The lowest BCUT2D eigenvalue weighted by Crippen LogP contribution is -2.48. The number of carboxylic acid groups (broad SMARTS) is 1. The average Bonchev–Trinajstić information content (AvgIpc) is 2.60. The summed E-state index contributed by atoms with van der Waals surface area (Å²) in [5.41, 5.74) is 1.99. The first-order chi connectivity index (χ1) is 11.1. The number of ether oxygens (including phenoxy) is 1. The molecule has 1 amide bonds. The number of carbonyl (C=O) groups is 2. The quantitative estimate of drug-likeness (QED) is 0.913. The highest BCUT2D eigenvalue weighted by molar-refractivity contribution is 5.95. The third-order valence-electron chi connectivity index (χ3n) is 3.86. The molecule has 0 radical (unpaired) electrons. The van der Waals surface area contributed by atoms with Crippen LogP contribution in [0.5, 0.6) is 5.88 Å². The van der Waals surface area contributed by atoms with Gasteiger partial charge in [-0.1, -0.05) is 24.3 Å². The predicted molar refractivity (Wildman–Crippen MR) is 80.0 cm³/mol. The first kappa shape index (κ1) is 15.0. The van der Waals surface area contributed by atoms with Crippen molar-refractivity contribution in [1.82, 2.24) is 15.1 Å². The Bertz CT molecular complexity index is 745. The van der Waals surface area contributed by atoms with Crippen LogP contribution in [0.1, 0.15) is 21.6 Å². The summed E-state index contributed by atoms with van der Waals surface area (Å²) in [4.78, 5) is 25.5. The van der Waals surface area contributed by atoms with Crippen LogP contribution in [-0.2, 0) is 17.8 Å². The molecule has 0 spiro atoms. The summed E-state index contributed by atoms with van der Waals surface area (Å²) in [5.74, 6) is -1.20. The smallest absolute Gasteiger partial charge is 0.326 e. The number of rotatable bonds is 3. The van der Waals surface area contributed by atoms with Gasteiger partial charge in [0.25, 0.3) is 5.91 Å². The summed E-state index contributed by atoms with van der Waals surface area (Å²) >= 11 is 0. The van der Waals surface area contributed by atoms with Crippen LogP contribution in [-0.4, -0.2) is 45.2 Å². The molecule has 3 rings (SSSR count). The maximum atomic E-state index is 12.6. The van der Waals surface area contributed by atoms with Crippen molar-refractivity contribution in [1.29, 1.82) is 0 Å². The summed E-state index contributed by atoms with van der Waals surface area (Å²) in [6, 6.07) is 9.61. The Labute approximate surface area is 132 Å². The minimum Gasteiger partial charge on any atom is -0.480 e. The lowest BCUT2D eigenvalue weighted by Gasteiger charge is -2.34. The summed E-state index contributed by atoms with van der Waals surface area (Å²) in [6.07, 6.45) is 0.279. The molecule has 1 aromatic heterocycles. The van der Waals surface area contributed by atoms with Gasteiger partial charge in [-0.15, -0.1) is 10.2 Å². The molecule has 23 heavy (non-hydrogen) atoms. The van der Waals surface area contributed by atoms with Gasteiger partial charge in [-0.05, 0) is 17.2 Å². The Kier molecular flexibility index (Phi) is 3.92. The van der Waals surface area contributed by atoms with E-state index in [2.05, 4.69) is 10.2 Å². The molecule has 118 valence electrons. The van der Waals surface area contributed by atoms with E-state index in [4.69, 9.17) is 4.74 Å². The van der Waals surface area contributed by atoms with Crippen molar-refractivity contribution in [2.24, 2.45) is 0 Å². The van der Waals surface area contributed by atoms with E-state index in [-0.39, 0.29) is 18.7 Å². The number of amides is 1. The van der Waals surface area contributed by atoms with E-state index < -0.39 is 17.9 Å². The van der Waals surface area contributed by atoms with Crippen LogP contribution >= 0.6 is 0 Å². The number of aromatic nitrogens is 2. The molecule has 0 unspecified atom stereocenters. The van der Waals surface area contributed by atoms with E-state index in [9.17, 15) is 14.7 Å². The minimum absolute atomic E-state index is 0.0939. The summed E-state index contributed by atoms with van der Waals surface area (Å²) in [6.45, 7) is 0.236.